The number of rotatable bonds is 5. The van der Waals surface area contributed by atoms with Crippen molar-refractivity contribution < 1.29 is 4.74 Å². The van der Waals surface area contributed by atoms with Gasteiger partial charge in [-0.25, -0.2) is 0 Å². The second kappa shape index (κ2) is 6.39. The highest BCUT2D eigenvalue weighted by molar-refractivity contribution is 7.80. The first-order valence-corrected chi connectivity index (χ1v) is 6.91. The van der Waals surface area contributed by atoms with Gasteiger partial charge in [0.1, 0.15) is 10.7 Å². The van der Waals surface area contributed by atoms with Gasteiger partial charge in [-0.1, -0.05) is 29.9 Å². The van der Waals surface area contributed by atoms with Gasteiger partial charge in [-0.05, 0) is 38.1 Å². The molecule has 0 radical (unpaired) electrons. The molecule has 0 fully saturated rings. The molecule has 0 aliphatic carbocycles. The Kier molecular flexibility index (Phi) is 4.58. The van der Waals surface area contributed by atoms with E-state index in [0.29, 0.717) is 11.6 Å². The summed E-state index contributed by atoms with van der Waals surface area (Å²) in [5.41, 5.74) is 9.60. The minimum atomic E-state index is 0.386. The Morgan fingerprint density at radius 2 is 2.05 bits per heavy atom. The summed E-state index contributed by atoms with van der Waals surface area (Å²) in [6.45, 7) is 4.62. The van der Waals surface area contributed by atoms with E-state index >= 15 is 0 Å². The van der Waals surface area contributed by atoms with Crippen molar-refractivity contribution in [2.75, 3.05) is 11.9 Å². The van der Waals surface area contributed by atoms with Gasteiger partial charge in [0.15, 0.2) is 0 Å². The highest BCUT2D eigenvalue weighted by atomic mass is 32.1. The van der Waals surface area contributed by atoms with Crippen molar-refractivity contribution in [3.63, 3.8) is 0 Å². The van der Waals surface area contributed by atoms with Crippen LogP contribution in [0.1, 0.15) is 18.1 Å². The third kappa shape index (κ3) is 3.48. The van der Waals surface area contributed by atoms with Gasteiger partial charge in [-0.2, -0.15) is 0 Å². The molecule has 0 aliphatic rings. The normalized spacial score (nSPS) is 10.1. The molecule has 0 aliphatic heterocycles. The van der Waals surface area contributed by atoms with E-state index in [0.717, 1.165) is 28.3 Å². The lowest BCUT2D eigenvalue weighted by Gasteiger charge is -2.13. The van der Waals surface area contributed by atoms with Crippen molar-refractivity contribution in [1.82, 2.24) is 0 Å². The lowest BCUT2D eigenvalue weighted by Crippen LogP contribution is -2.12. The molecule has 0 amide bonds. The minimum Gasteiger partial charge on any atom is -0.494 e. The standard InChI is InChI=1S/C16H18N2OS/c1-3-19-13-6-4-5-12(10-13)18-15-8-7-11(2)9-14(15)16(17)20/h4-10,18H,3H2,1-2H3,(H2,17,20). The monoisotopic (exact) mass is 286 g/mol. The zero-order valence-corrected chi connectivity index (χ0v) is 12.5. The van der Waals surface area contributed by atoms with Gasteiger partial charge < -0.3 is 15.8 Å². The number of hydrogen-bond donors (Lipinski definition) is 2. The van der Waals surface area contributed by atoms with Gasteiger partial charge in [0, 0.05) is 23.0 Å². The summed E-state index contributed by atoms with van der Waals surface area (Å²) in [5, 5.41) is 3.33. The van der Waals surface area contributed by atoms with E-state index in [2.05, 4.69) is 5.32 Å². The molecule has 0 bridgehead atoms. The molecule has 0 unspecified atom stereocenters. The summed E-state index contributed by atoms with van der Waals surface area (Å²) >= 11 is 5.11. The van der Waals surface area contributed by atoms with Crippen LogP contribution in [0, 0.1) is 6.92 Å². The summed E-state index contributed by atoms with van der Waals surface area (Å²) < 4.78 is 5.49. The first kappa shape index (κ1) is 14.3. The largest absolute Gasteiger partial charge is 0.494 e. The topological polar surface area (TPSA) is 47.3 Å². The molecule has 0 atom stereocenters. The Labute approximate surface area is 124 Å². The summed E-state index contributed by atoms with van der Waals surface area (Å²) in [4.78, 5) is 0.386. The van der Waals surface area contributed by atoms with Crippen LogP contribution in [0.2, 0.25) is 0 Å². The van der Waals surface area contributed by atoms with Crippen molar-refractivity contribution in [1.29, 1.82) is 0 Å². The van der Waals surface area contributed by atoms with Crippen molar-refractivity contribution >= 4 is 28.6 Å². The number of ether oxygens (including phenoxy) is 1. The molecule has 2 aromatic carbocycles. The van der Waals surface area contributed by atoms with E-state index in [1.165, 1.54) is 0 Å². The molecular weight excluding hydrogens is 268 g/mol. The summed E-state index contributed by atoms with van der Waals surface area (Å²) in [6.07, 6.45) is 0. The van der Waals surface area contributed by atoms with Crippen LogP contribution >= 0.6 is 12.2 Å². The zero-order valence-electron chi connectivity index (χ0n) is 11.6. The van der Waals surface area contributed by atoms with Crippen molar-refractivity contribution in [3.8, 4) is 5.75 Å². The second-order valence-electron chi connectivity index (χ2n) is 4.50. The van der Waals surface area contributed by atoms with Gasteiger partial charge in [-0.15, -0.1) is 0 Å². The maximum atomic E-state index is 5.78. The molecule has 3 nitrogen and oxygen atoms in total. The minimum absolute atomic E-state index is 0.386. The Hall–Kier alpha value is -2.07. The summed E-state index contributed by atoms with van der Waals surface area (Å²) in [6, 6.07) is 13.8. The highest BCUT2D eigenvalue weighted by Gasteiger charge is 2.06. The average Bonchev–Trinajstić information content (AvgIpc) is 2.41. The van der Waals surface area contributed by atoms with Crippen molar-refractivity contribution in [2.24, 2.45) is 5.73 Å². The van der Waals surface area contributed by atoms with E-state index < -0.39 is 0 Å². The average molecular weight is 286 g/mol. The Morgan fingerprint density at radius 3 is 2.75 bits per heavy atom. The molecule has 2 rings (SSSR count). The highest BCUT2D eigenvalue weighted by Crippen LogP contribution is 2.25. The molecule has 0 heterocycles. The van der Waals surface area contributed by atoms with Crippen LogP contribution in [-0.4, -0.2) is 11.6 Å². The van der Waals surface area contributed by atoms with Crippen LogP contribution in [0.15, 0.2) is 42.5 Å². The van der Waals surface area contributed by atoms with Crippen LogP contribution in [0.3, 0.4) is 0 Å². The first-order chi connectivity index (χ1) is 9.60. The van der Waals surface area contributed by atoms with Crippen LogP contribution in [0.5, 0.6) is 5.75 Å². The lowest BCUT2D eigenvalue weighted by molar-refractivity contribution is 0.340. The molecule has 0 aromatic heterocycles. The quantitative estimate of drug-likeness (QED) is 0.821. The third-order valence-electron chi connectivity index (χ3n) is 2.86. The Bertz CT molecular complexity index is 626. The number of anilines is 2. The van der Waals surface area contributed by atoms with Gasteiger partial charge >= 0.3 is 0 Å². The summed E-state index contributed by atoms with van der Waals surface area (Å²) in [5.74, 6) is 0.835. The van der Waals surface area contributed by atoms with Gasteiger partial charge in [0.2, 0.25) is 0 Å². The van der Waals surface area contributed by atoms with Crippen molar-refractivity contribution in [2.45, 2.75) is 13.8 Å². The molecule has 2 aromatic rings. The van der Waals surface area contributed by atoms with E-state index in [1.54, 1.807) is 0 Å². The summed E-state index contributed by atoms with van der Waals surface area (Å²) in [7, 11) is 0. The van der Waals surface area contributed by atoms with Gasteiger partial charge in [0.25, 0.3) is 0 Å². The predicted octanol–water partition coefficient (Wildman–Crippen LogP) is 3.77. The molecule has 0 spiro atoms. The van der Waals surface area contributed by atoms with Crippen LogP contribution in [0.25, 0.3) is 0 Å². The molecule has 4 heteroatoms. The molecule has 0 saturated heterocycles. The zero-order chi connectivity index (χ0) is 14.5. The maximum Gasteiger partial charge on any atom is 0.121 e. The van der Waals surface area contributed by atoms with E-state index in [9.17, 15) is 0 Å². The molecule has 0 saturated carbocycles. The number of hydrogen-bond acceptors (Lipinski definition) is 3. The van der Waals surface area contributed by atoms with Crippen LogP contribution < -0.4 is 15.8 Å². The third-order valence-corrected chi connectivity index (χ3v) is 3.08. The Morgan fingerprint density at radius 1 is 1.25 bits per heavy atom. The van der Waals surface area contributed by atoms with Crippen LogP contribution in [-0.2, 0) is 0 Å². The molecule has 3 N–H and O–H groups in total. The maximum absolute atomic E-state index is 5.78. The molecule has 20 heavy (non-hydrogen) atoms. The lowest BCUT2D eigenvalue weighted by atomic mass is 10.1. The first-order valence-electron chi connectivity index (χ1n) is 6.50. The molecule has 104 valence electrons. The fourth-order valence-electron chi connectivity index (χ4n) is 1.96. The fourth-order valence-corrected chi connectivity index (χ4v) is 2.13. The smallest absolute Gasteiger partial charge is 0.121 e. The van der Waals surface area contributed by atoms with Gasteiger partial charge in [-0.3, -0.25) is 0 Å². The number of nitrogens with two attached hydrogens (primary N) is 1. The van der Waals surface area contributed by atoms with Crippen LogP contribution in [0.4, 0.5) is 11.4 Å². The number of nitrogens with one attached hydrogen (secondary N) is 1. The second-order valence-corrected chi connectivity index (χ2v) is 4.94. The van der Waals surface area contributed by atoms with Gasteiger partial charge in [0.05, 0.1) is 6.61 Å². The number of thiocarbonyl (C=S) groups is 1. The SMILES string of the molecule is CCOc1cccc(Nc2ccc(C)cc2C(N)=S)c1. The van der Waals surface area contributed by atoms with E-state index in [-0.39, 0.29) is 0 Å². The Balaban J connectivity index is 2.30. The predicted molar refractivity (Wildman–Crippen MR) is 88.0 cm³/mol. The van der Waals surface area contributed by atoms with Crippen molar-refractivity contribution in [3.05, 3.63) is 53.6 Å². The fraction of sp³-hybridized carbons (Fsp3) is 0.188. The number of aryl methyl sites for hydroxylation is 1. The van der Waals surface area contributed by atoms with E-state index in [4.69, 9.17) is 22.7 Å². The molecular formula is C16H18N2OS. The van der Waals surface area contributed by atoms with E-state index in [1.807, 2.05) is 56.3 Å². The number of benzene rings is 2.